The zero-order valence-electron chi connectivity index (χ0n) is 15.7. The van der Waals surface area contributed by atoms with Crippen LogP contribution in [0, 0.1) is 11.8 Å². The molecule has 2 saturated carbocycles. The Morgan fingerprint density at radius 1 is 1.23 bits per heavy atom. The minimum atomic E-state index is 0.299. The third-order valence-electron chi connectivity index (χ3n) is 6.59. The van der Waals surface area contributed by atoms with Crippen LogP contribution in [0.2, 0.25) is 0 Å². The Morgan fingerprint density at radius 3 is 2.73 bits per heavy atom. The van der Waals surface area contributed by atoms with Crippen molar-refractivity contribution in [1.82, 2.24) is 15.5 Å². The van der Waals surface area contributed by atoms with Crippen LogP contribution < -0.4 is 15.4 Å². The molecule has 4 rings (SSSR count). The Morgan fingerprint density at radius 2 is 2.04 bits per heavy atom. The molecule has 0 radical (unpaired) electrons. The summed E-state index contributed by atoms with van der Waals surface area (Å²) in [6, 6.07) is 9.28. The smallest absolute Gasteiger partial charge is 0.166 e. The molecule has 2 N–H and O–H groups in total. The van der Waals surface area contributed by atoms with E-state index in [0.717, 1.165) is 42.3 Å². The molecular formula is C21H31N3OS. The molecule has 26 heavy (non-hydrogen) atoms. The molecule has 1 aliphatic heterocycles. The lowest BCUT2D eigenvalue weighted by molar-refractivity contribution is 0.239. The molecule has 1 aromatic rings. The first-order valence-electron chi connectivity index (χ1n) is 10.2. The third kappa shape index (κ3) is 3.84. The van der Waals surface area contributed by atoms with Gasteiger partial charge in [0, 0.05) is 18.2 Å². The highest BCUT2D eigenvalue weighted by Crippen LogP contribution is 2.44. The SMILES string of the molecule is COc1ccccc1C(CNC(=S)NC1CC2CCC1C2)N1CCCC1. The fraction of sp³-hybridized carbons (Fsp3) is 0.667. The molecule has 3 aliphatic rings. The van der Waals surface area contributed by atoms with Crippen LogP contribution in [-0.2, 0) is 0 Å². The van der Waals surface area contributed by atoms with Crippen molar-refractivity contribution in [3.8, 4) is 5.75 Å². The average Bonchev–Trinajstić information content (AvgIpc) is 3.40. The molecule has 1 aromatic carbocycles. The van der Waals surface area contributed by atoms with Crippen molar-refractivity contribution in [3.63, 3.8) is 0 Å². The quantitative estimate of drug-likeness (QED) is 0.747. The van der Waals surface area contributed by atoms with Crippen LogP contribution in [0.3, 0.4) is 0 Å². The normalized spacial score (nSPS) is 28.9. The van der Waals surface area contributed by atoms with Gasteiger partial charge < -0.3 is 15.4 Å². The van der Waals surface area contributed by atoms with E-state index in [2.05, 4.69) is 33.7 Å². The molecule has 1 saturated heterocycles. The van der Waals surface area contributed by atoms with Gasteiger partial charge in [0.2, 0.25) is 0 Å². The van der Waals surface area contributed by atoms with Crippen molar-refractivity contribution in [3.05, 3.63) is 29.8 Å². The highest BCUT2D eigenvalue weighted by atomic mass is 32.1. The summed E-state index contributed by atoms with van der Waals surface area (Å²) in [4.78, 5) is 2.56. The van der Waals surface area contributed by atoms with Gasteiger partial charge in [0.15, 0.2) is 5.11 Å². The number of nitrogens with zero attached hydrogens (tertiary/aromatic N) is 1. The predicted molar refractivity (Wildman–Crippen MR) is 110 cm³/mol. The lowest BCUT2D eigenvalue weighted by Crippen LogP contribution is -2.46. The summed E-state index contributed by atoms with van der Waals surface area (Å²) in [6.45, 7) is 3.13. The van der Waals surface area contributed by atoms with E-state index in [1.807, 2.05) is 6.07 Å². The summed E-state index contributed by atoms with van der Waals surface area (Å²) in [5.74, 6) is 2.74. The van der Waals surface area contributed by atoms with Crippen LogP contribution in [0.25, 0.3) is 0 Å². The summed E-state index contributed by atoms with van der Waals surface area (Å²) in [5.41, 5.74) is 1.26. The molecule has 142 valence electrons. The molecule has 5 heteroatoms. The monoisotopic (exact) mass is 373 g/mol. The maximum atomic E-state index is 5.64. The number of nitrogens with one attached hydrogen (secondary N) is 2. The number of rotatable bonds is 6. The van der Waals surface area contributed by atoms with Crippen molar-refractivity contribution >= 4 is 17.3 Å². The van der Waals surface area contributed by atoms with E-state index in [1.165, 1.54) is 44.1 Å². The molecular weight excluding hydrogens is 342 g/mol. The molecule has 0 aromatic heterocycles. The van der Waals surface area contributed by atoms with E-state index in [4.69, 9.17) is 17.0 Å². The van der Waals surface area contributed by atoms with E-state index in [1.54, 1.807) is 7.11 Å². The minimum absolute atomic E-state index is 0.299. The lowest BCUT2D eigenvalue weighted by atomic mass is 9.95. The fourth-order valence-electron chi connectivity index (χ4n) is 5.26. The number of benzene rings is 1. The molecule has 2 bridgehead atoms. The van der Waals surface area contributed by atoms with Crippen LogP contribution in [0.5, 0.6) is 5.75 Å². The van der Waals surface area contributed by atoms with Crippen molar-refractivity contribution in [2.24, 2.45) is 11.8 Å². The number of thiocarbonyl (C=S) groups is 1. The van der Waals surface area contributed by atoms with E-state index in [0.29, 0.717) is 12.1 Å². The number of methoxy groups -OCH3 is 1. The Hall–Kier alpha value is -1.33. The van der Waals surface area contributed by atoms with Gasteiger partial charge in [-0.15, -0.1) is 0 Å². The Labute approximate surface area is 162 Å². The van der Waals surface area contributed by atoms with Gasteiger partial charge >= 0.3 is 0 Å². The van der Waals surface area contributed by atoms with Crippen LogP contribution in [0.1, 0.15) is 50.1 Å². The molecule has 0 spiro atoms. The second-order valence-corrected chi connectivity index (χ2v) is 8.54. The van der Waals surface area contributed by atoms with E-state index in [9.17, 15) is 0 Å². The van der Waals surface area contributed by atoms with Gasteiger partial charge in [-0.05, 0) is 75.3 Å². The minimum Gasteiger partial charge on any atom is -0.496 e. The number of fused-ring (bicyclic) bond motifs is 2. The molecule has 4 atom stereocenters. The van der Waals surface area contributed by atoms with Crippen LogP contribution in [0.4, 0.5) is 0 Å². The highest BCUT2D eigenvalue weighted by Gasteiger charge is 2.39. The summed E-state index contributed by atoms with van der Waals surface area (Å²) in [7, 11) is 1.76. The topological polar surface area (TPSA) is 36.5 Å². The van der Waals surface area contributed by atoms with Gasteiger partial charge in [0.05, 0.1) is 13.2 Å². The summed E-state index contributed by atoms with van der Waals surface area (Å²) in [5, 5.41) is 7.95. The summed E-state index contributed by atoms with van der Waals surface area (Å²) < 4.78 is 5.63. The van der Waals surface area contributed by atoms with E-state index in [-0.39, 0.29) is 0 Å². The standard InChI is InChI=1S/C21H31N3OS/c1-25-20-7-3-2-6-17(20)19(24-10-4-5-11-24)14-22-21(26)23-18-13-15-8-9-16(18)12-15/h2-3,6-7,15-16,18-19H,4-5,8-14H2,1H3,(H2,22,23,26). The summed E-state index contributed by atoms with van der Waals surface area (Å²) in [6.07, 6.45) is 8.06. The van der Waals surface area contributed by atoms with Crippen molar-refractivity contribution < 1.29 is 4.74 Å². The van der Waals surface area contributed by atoms with Crippen LogP contribution in [0.15, 0.2) is 24.3 Å². The van der Waals surface area contributed by atoms with E-state index >= 15 is 0 Å². The van der Waals surface area contributed by atoms with Gasteiger partial charge in [-0.25, -0.2) is 0 Å². The highest BCUT2D eigenvalue weighted by molar-refractivity contribution is 7.80. The zero-order chi connectivity index (χ0) is 17.9. The Kier molecular flexibility index (Phi) is 5.65. The number of ether oxygens (including phenoxy) is 1. The number of hydrogen-bond donors (Lipinski definition) is 2. The second kappa shape index (κ2) is 8.13. The molecule has 0 amide bonds. The number of hydrogen-bond acceptors (Lipinski definition) is 3. The Balaban J connectivity index is 1.39. The van der Waals surface area contributed by atoms with E-state index < -0.39 is 0 Å². The molecule has 1 heterocycles. The fourth-order valence-corrected chi connectivity index (χ4v) is 5.50. The molecule has 3 fully saturated rings. The van der Waals surface area contributed by atoms with Gasteiger partial charge in [0.25, 0.3) is 0 Å². The lowest BCUT2D eigenvalue weighted by Gasteiger charge is -2.31. The maximum Gasteiger partial charge on any atom is 0.166 e. The first-order chi connectivity index (χ1) is 12.7. The number of likely N-dealkylation sites (tertiary alicyclic amines) is 1. The summed E-state index contributed by atoms with van der Waals surface area (Å²) >= 11 is 5.64. The van der Waals surface area contributed by atoms with Gasteiger partial charge in [0.1, 0.15) is 5.75 Å². The van der Waals surface area contributed by atoms with Crippen LogP contribution >= 0.6 is 12.2 Å². The van der Waals surface area contributed by atoms with Crippen molar-refractivity contribution in [1.29, 1.82) is 0 Å². The van der Waals surface area contributed by atoms with Gasteiger partial charge in [-0.3, -0.25) is 4.90 Å². The van der Waals surface area contributed by atoms with Gasteiger partial charge in [-0.2, -0.15) is 0 Å². The molecule has 2 aliphatic carbocycles. The van der Waals surface area contributed by atoms with Crippen molar-refractivity contribution in [2.75, 3.05) is 26.7 Å². The first-order valence-corrected chi connectivity index (χ1v) is 10.6. The largest absolute Gasteiger partial charge is 0.496 e. The zero-order valence-corrected chi connectivity index (χ0v) is 16.6. The molecule has 4 unspecified atom stereocenters. The third-order valence-corrected chi connectivity index (χ3v) is 6.85. The average molecular weight is 374 g/mol. The van der Waals surface area contributed by atoms with Crippen LogP contribution in [-0.4, -0.2) is 42.8 Å². The number of para-hydroxylation sites is 1. The Bertz CT molecular complexity index is 631. The van der Waals surface area contributed by atoms with Gasteiger partial charge in [-0.1, -0.05) is 24.6 Å². The maximum absolute atomic E-state index is 5.64. The first kappa shape index (κ1) is 18.1. The predicted octanol–water partition coefficient (Wildman–Crippen LogP) is 3.48. The second-order valence-electron chi connectivity index (χ2n) is 8.14. The van der Waals surface area contributed by atoms with Crippen molar-refractivity contribution in [2.45, 2.75) is 50.6 Å². The molecule has 4 nitrogen and oxygen atoms in total.